The summed E-state index contributed by atoms with van der Waals surface area (Å²) >= 11 is 60.4. The minimum Gasteiger partial charge on any atom is -0.0785 e. The quantitative estimate of drug-likeness (QED) is 0.200. The molecule has 3 rings (SSSR count). The fourth-order valence-corrected chi connectivity index (χ4v) is 16.4. The molecule has 0 heterocycles. The van der Waals surface area contributed by atoms with Gasteiger partial charge in [-0.25, -0.2) is 0 Å². The first kappa shape index (κ1) is 27.3. The molecule has 0 radical (unpaired) electrons. The zero-order chi connectivity index (χ0) is 23.8. The lowest BCUT2D eigenvalue weighted by Gasteiger charge is -2.53. The monoisotopic (exact) mass is 625 g/mol. The van der Waals surface area contributed by atoms with Crippen LogP contribution < -0.4 is 15.9 Å². The lowest BCUT2D eigenvalue weighted by molar-refractivity contribution is 0.609. The predicted molar refractivity (Wildman–Crippen MR) is 149 cm³/mol. The zero-order valence-corrected chi connectivity index (χ0v) is 23.7. The van der Waals surface area contributed by atoms with Gasteiger partial charge in [-0.15, -0.1) is 0 Å². The second-order valence-electron chi connectivity index (χ2n) is 6.88. The van der Waals surface area contributed by atoms with Crippen LogP contribution in [0.15, 0.2) is 91.0 Å². The Morgan fingerprint density at radius 3 is 0.781 bits per heavy atom. The first-order valence-electron chi connectivity index (χ1n) is 9.08. The number of benzene rings is 3. The summed E-state index contributed by atoms with van der Waals surface area (Å²) in [6.45, 7) is 0. The Balaban J connectivity index is 2.74. The molecule has 0 saturated heterocycles. The van der Waals surface area contributed by atoms with Crippen molar-refractivity contribution in [1.29, 1.82) is 0 Å². The van der Waals surface area contributed by atoms with Gasteiger partial charge in [0.25, 0.3) is 0 Å². The summed E-state index contributed by atoms with van der Waals surface area (Å²) in [6.07, 6.45) is 0. The van der Waals surface area contributed by atoms with Crippen molar-refractivity contribution in [2.75, 3.05) is 0 Å². The molecule has 3 aromatic carbocycles. The van der Waals surface area contributed by atoms with E-state index in [2.05, 4.69) is 0 Å². The third-order valence-electron chi connectivity index (χ3n) is 5.16. The van der Waals surface area contributed by atoms with Crippen LogP contribution in [0, 0.1) is 0 Å². The van der Waals surface area contributed by atoms with Crippen molar-refractivity contribution in [1.82, 2.24) is 0 Å². The summed E-state index contributed by atoms with van der Waals surface area (Å²) in [5, 5.41) is -0.0338. The van der Waals surface area contributed by atoms with Gasteiger partial charge in [0.15, 0.2) is 0 Å². The van der Waals surface area contributed by atoms with Crippen LogP contribution in [0.5, 0.6) is 0 Å². The lowest BCUT2D eigenvalue weighted by Crippen LogP contribution is -2.68. The number of rotatable bonds is 4. The van der Waals surface area contributed by atoms with Gasteiger partial charge in [-0.1, -0.05) is 159 Å². The van der Waals surface area contributed by atoms with Gasteiger partial charge in [-0.3, -0.25) is 0 Å². The lowest BCUT2D eigenvalue weighted by atomic mass is 10.2. The smallest absolute Gasteiger partial charge is 0.0785 e. The van der Waals surface area contributed by atoms with Crippen LogP contribution in [0.25, 0.3) is 0 Å². The van der Waals surface area contributed by atoms with Crippen molar-refractivity contribution < 1.29 is 0 Å². The molecule has 170 valence electrons. The minimum absolute atomic E-state index is 0.710. The van der Waals surface area contributed by atoms with E-state index in [4.69, 9.17) is 104 Å². The van der Waals surface area contributed by atoms with Gasteiger partial charge in [-0.2, -0.15) is 0 Å². The van der Waals surface area contributed by atoms with Gasteiger partial charge in [0, 0.05) is 0 Å². The Labute approximate surface area is 233 Å². The van der Waals surface area contributed by atoms with Crippen LogP contribution in [-0.4, -0.2) is 16.5 Å². The summed E-state index contributed by atoms with van der Waals surface area (Å²) in [5.41, 5.74) is 0. The molecule has 0 atom stereocenters. The van der Waals surface area contributed by atoms with Gasteiger partial charge in [0.2, 0.25) is 16.5 Å². The highest BCUT2D eigenvalue weighted by Crippen LogP contribution is 2.83. The van der Waals surface area contributed by atoms with E-state index < -0.39 is 23.8 Å². The maximum Gasteiger partial charge on any atom is 0.238 e. The van der Waals surface area contributed by atoms with Crippen molar-refractivity contribution in [2.45, 2.75) is 16.5 Å². The van der Waals surface area contributed by atoms with E-state index in [0.29, 0.717) is 15.9 Å². The van der Waals surface area contributed by atoms with Crippen LogP contribution >= 0.6 is 112 Å². The van der Waals surface area contributed by atoms with Crippen molar-refractivity contribution in [2.24, 2.45) is 0 Å². The van der Waals surface area contributed by atoms with E-state index in [-0.39, 0.29) is 0 Å². The average Bonchev–Trinajstić information content (AvgIpc) is 2.71. The Morgan fingerprint density at radius 2 is 0.594 bits per heavy atom. The molecule has 0 saturated carbocycles. The molecular formula is C22H15Cl9P+. The van der Waals surface area contributed by atoms with Crippen LogP contribution in [-0.2, 0) is 0 Å². The Hall–Kier alpha value is 0.700. The first-order chi connectivity index (χ1) is 14.8. The summed E-state index contributed by atoms with van der Waals surface area (Å²) in [4.78, 5) is 0. The second kappa shape index (κ2) is 9.99. The molecule has 0 nitrogen and oxygen atoms in total. The molecule has 10 heteroatoms. The fourth-order valence-electron chi connectivity index (χ4n) is 4.04. The van der Waals surface area contributed by atoms with Crippen molar-refractivity contribution in [3.8, 4) is 0 Å². The molecule has 0 unspecified atom stereocenters. The molecule has 0 fully saturated rings. The van der Waals surface area contributed by atoms with Crippen LogP contribution in [0.4, 0.5) is 0 Å². The van der Waals surface area contributed by atoms with Gasteiger partial charge in [0.05, 0.1) is 0 Å². The molecule has 0 spiro atoms. The zero-order valence-electron chi connectivity index (χ0n) is 16.0. The maximum atomic E-state index is 6.71. The largest absolute Gasteiger partial charge is 0.238 e. The molecule has 0 aliphatic rings. The summed E-state index contributed by atoms with van der Waals surface area (Å²) in [7, 11) is -3.35. The van der Waals surface area contributed by atoms with Crippen molar-refractivity contribution >= 4 is 128 Å². The topological polar surface area (TPSA) is 0 Å². The number of alkyl halides is 9. The minimum atomic E-state index is -3.35. The Morgan fingerprint density at radius 1 is 0.375 bits per heavy atom. The summed E-state index contributed by atoms with van der Waals surface area (Å²) < 4.78 is -7.05. The first-order valence-corrected chi connectivity index (χ1v) is 14.3. The SMILES string of the molecule is ClC(Cl)(Cl)C(C(Cl)(Cl)Cl)(C(Cl)(Cl)Cl)[P+](c1ccccc1)(c1ccccc1)c1ccccc1. The van der Waals surface area contributed by atoms with Crippen LogP contribution in [0.1, 0.15) is 0 Å². The number of halogens is 9. The van der Waals surface area contributed by atoms with E-state index in [0.717, 1.165) is 0 Å². The number of hydrogen-bond donors (Lipinski definition) is 0. The Kier molecular flexibility index (Phi) is 8.52. The Bertz CT molecular complexity index is 892. The van der Waals surface area contributed by atoms with Gasteiger partial charge < -0.3 is 0 Å². The molecule has 3 aromatic rings. The third-order valence-corrected chi connectivity index (χ3v) is 14.1. The highest BCUT2D eigenvalue weighted by molar-refractivity contribution is 7.97. The van der Waals surface area contributed by atoms with Gasteiger partial charge in [0.1, 0.15) is 23.2 Å². The third kappa shape index (κ3) is 4.37. The van der Waals surface area contributed by atoms with Crippen molar-refractivity contribution in [3.05, 3.63) is 91.0 Å². The predicted octanol–water partition coefficient (Wildman–Crippen LogP) is 8.83. The molecule has 0 N–H and O–H groups in total. The molecular weight excluding hydrogens is 614 g/mol. The van der Waals surface area contributed by atoms with Crippen LogP contribution in [0.2, 0.25) is 0 Å². The molecule has 0 aliphatic heterocycles. The molecule has 0 aromatic heterocycles. The second-order valence-corrected chi connectivity index (χ2v) is 17.3. The van der Waals surface area contributed by atoms with Crippen LogP contribution in [0.3, 0.4) is 0 Å². The summed E-state index contributed by atoms with van der Waals surface area (Å²) in [6, 6.07) is 27.8. The maximum absolute atomic E-state index is 6.71. The van der Waals surface area contributed by atoms with E-state index in [9.17, 15) is 0 Å². The van der Waals surface area contributed by atoms with Gasteiger partial charge in [-0.05, 0) is 36.4 Å². The van der Waals surface area contributed by atoms with E-state index >= 15 is 0 Å². The highest BCUT2D eigenvalue weighted by Gasteiger charge is 2.86. The normalized spacial score (nSPS) is 13.8. The van der Waals surface area contributed by atoms with E-state index in [1.807, 2.05) is 91.0 Å². The number of hydrogen-bond acceptors (Lipinski definition) is 0. The molecule has 0 aliphatic carbocycles. The van der Waals surface area contributed by atoms with Crippen molar-refractivity contribution in [3.63, 3.8) is 0 Å². The molecule has 0 amide bonds. The average molecular weight is 629 g/mol. The van der Waals surface area contributed by atoms with E-state index in [1.165, 1.54) is 0 Å². The standard InChI is InChI=1S/C22H15Cl9P/c23-20(24,25)19(21(26,27)28,22(29,30)31)32(16-10-4-1-5-11-16,17-12-6-2-7-13-17)18-14-8-3-9-15-18/h1-15H/q+1. The highest BCUT2D eigenvalue weighted by atomic mass is 35.6. The fraction of sp³-hybridized carbons (Fsp3) is 0.182. The summed E-state index contributed by atoms with van der Waals surface area (Å²) in [5.74, 6) is 0. The molecule has 32 heavy (non-hydrogen) atoms. The van der Waals surface area contributed by atoms with E-state index in [1.54, 1.807) is 0 Å². The molecule has 0 bridgehead atoms. The van der Waals surface area contributed by atoms with Gasteiger partial charge >= 0.3 is 0 Å².